The Labute approximate surface area is 97.5 Å². The highest BCUT2D eigenvalue weighted by atomic mass is 19.4. The van der Waals surface area contributed by atoms with Gasteiger partial charge in [0.05, 0.1) is 0 Å². The third-order valence-electron chi connectivity index (χ3n) is 2.62. The molecule has 0 fully saturated rings. The fraction of sp³-hybridized carbons (Fsp3) is 0.308. The molecule has 1 aromatic heterocycles. The van der Waals surface area contributed by atoms with E-state index >= 15 is 0 Å². The van der Waals surface area contributed by atoms with Gasteiger partial charge in [0.2, 0.25) is 0 Å². The van der Waals surface area contributed by atoms with Crippen LogP contribution in [0.25, 0.3) is 10.8 Å². The average Bonchev–Trinajstić information content (AvgIpc) is 2.27. The minimum atomic E-state index is -4.06. The van der Waals surface area contributed by atoms with Crippen LogP contribution < -0.4 is 4.57 Å². The second-order valence-corrected chi connectivity index (χ2v) is 4.03. The number of halogens is 3. The van der Waals surface area contributed by atoms with Crippen molar-refractivity contribution in [3.63, 3.8) is 0 Å². The van der Waals surface area contributed by atoms with Gasteiger partial charge in [0.25, 0.3) is 0 Å². The van der Waals surface area contributed by atoms with E-state index in [-0.39, 0.29) is 6.42 Å². The van der Waals surface area contributed by atoms with Gasteiger partial charge in [-0.15, -0.1) is 0 Å². The molecule has 2 aromatic rings. The minimum Gasteiger partial charge on any atom is -0.204 e. The lowest BCUT2D eigenvalue weighted by Gasteiger charge is -2.03. The fourth-order valence-electron chi connectivity index (χ4n) is 1.78. The van der Waals surface area contributed by atoms with Crippen LogP contribution in [0.3, 0.4) is 0 Å². The van der Waals surface area contributed by atoms with Crippen LogP contribution in [0.2, 0.25) is 0 Å². The Morgan fingerprint density at radius 3 is 2.41 bits per heavy atom. The zero-order chi connectivity index (χ0) is 12.3. The molecule has 1 heterocycles. The van der Waals surface area contributed by atoms with Crippen LogP contribution in [0.5, 0.6) is 0 Å². The van der Waals surface area contributed by atoms with Crippen LogP contribution in [0, 0.1) is 0 Å². The predicted octanol–water partition coefficient (Wildman–Crippen LogP) is 3.47. The predicted molar refractivity (Wildman–Crippen MR) is 59.4 cm³/mol. The van der Waals surface area contributed by atoms with Gasteiger partial charge in [0, 0.05) is 24.3 Å². The molecule has 1 nitrogen and oxygen atoms in total. The van der Waals surface area contributed by atoms with Crippen molar-refractivity contribution < 1.29 is 17.7 Å². The van der Waals surface area contributed by atoms with Crippen molar-refractivity contribution in [1.82, 2.24) is 0 Å². The van der Waals surface area contributed by atoms with Gasteiger partial charge in [-0.05, 0) is 11.5 Å². The molecule has 0 unspecified atom stereocenters. The number of nitrogens with zero attached hydrogens (tertiary/aromatic N) is 1. The quantitative estimate of drug-likeness (QED) is 0.723. The Kier molecular flexibility index (Phi) is 3.31. The summed E-state index contributed by atoms with van der Waals surface area (Å²) in [4.78, 5) is 0. The summed E-state index contributed by atoms with van der Waals surface area (Å²) in [5.41, 5.74) is 0. The summed E-state index contributed by atoms with van der Waals surface area (Å²) in [5, 5.41) is 2.14. The first-order valence-electron chi connectivity index (χ1n) is 5.49. The molecule has 4 heteroatoms. The van der Waals surface area contributed by atoms with Crippen LogP contribution in [0.4, 0.5) is 13.2 Å². The van der Waals surface area contributed by atoms with Gasteiger partial charge in [-0.1, -0.05) is 18.2 Å². The van der Waals surface area contributed by atoms with Crippen molar-refractivity contribution in [3.05, 3.63) is 42.7 Å². The van der Waals surface area contributed by atoms with E-state index in [2.05, 4.69) is 0 Å². The second-order valence-electron chi connectivity index (χ2n) is 4.03. The molecule has 0 amide bonds. The van der Waals surface area contributed by atoms with Gasteiger partial charge in [-0.2, -0.15) is 13.2 Å². The summed E-state index contributed by atoms with van der Waals surface area (Å²) < 4.78 is 37.8. The zero-order valence-corrected chi connectivity index (χ0v) is 9.24. The summed E-state index contributed by atoms with van der Waals surface area (Å²) in [6, 6.07) is 9.71. The second kappa shape index (κ2) is 4.73. The van der Waals surface area contributed by atoms with Crippen molar-refractivity contribution in [3.8, 4) is 0 Å². The van der Waals surface area contributed by atoms with Crippen molar-refractivity contribution in [1.29, 1.82) is 0 Å². The van der Waals surface area contributed by atoms with E-state index in [1.54, 1.807) is 4.57 Å². The van der Waals surface area contributed by atoms with Crippen LogP contribution in [-0.2, 0) is 6.54 Å². The van der Waals surface area contributed by atoms with Gasteiger partial charge in [0.1, 0.15) is 6.54 Å². The SMILES string of the molecule is FC(F)(F)CCC[n+]1ccc2ccccc2c1. The van der Waals surface area contributed by atoms with E-state index < -0.39 is 12.6 Å². The van der Waals surface area contributed by atoms with Crippen molar-refractivity contribution in [2.24, 2.45) is 0 Å². The Hall–Kier alpha value is -1.58. The molecule has 90 valence electrons. The highest BCUT2D eigenvalue weighted by Gasteiger charge is 2.26. The number of hydrogen-bond donors (Lipinski definition) is 0. The number of aryl methyl sites for hydroxylation is 1. The third-order valence-corrected chi connectivity index (χ3v) is 2.62. The van der Waals surface area contributed by atoms with E-state index in [0.29, 0.717) is 6.54 Å². The smallest absolute Gasteiger partial charge is 0.204 e. The standard InChI is InChI=1S/C13H13F3N/c14-13(15,16)7-3-8-17-9-6-11-4-1-2-5-12(11)10-17/h1-2,4-6,9-10H,3,7-8H2/q+1. The number of hydrogen-bond acceptors (Lipinski definition) is 0. The topological polar surface area (TPSA) is 3.88 Å². The maximum Gasteiger partial charge on any atom is 0.389 e. The molecule has 0 N–H and O–H groups in total. The molecule has 0 saturated heterocycles. The van der Waals surface area contributed by atoms with Crippen LogP contribution in [-0.4, -0.2) is 6.18 Å². The monoisotopic (exact) mass is 240 g/mol. The molecule has 0 aliphatic heterocycles. The molecule has 2 rings (SSSR count). The molecule has 0 saturated carbocycles. The van der Waals surface area contributed by atoms with E-state index in [4.69, 9.17) is 0 Å². The molecule has 0 aliphatic carbocycles. The van der Waals surface area contributed by atoms with Crippen molar-refractivity contribution >= 4 is 10.8 Å². The van der Waals surface area contributed by atoms with Crippen LogP contribution >= 0.6 is 0 Å². The molecule has 1 aromatic carbocycles. The van der Waals surface area contributed by atoms with E-state index in [0.717, 1.165) is 10.8 Å². The number of rotatable bonds is 3. The first-order chi connectivity index (χ1) is 8.04. The van der Waals surface area contributed by atoms with Gasteiger partial charge < -0.3 is 0 Å². The van der Waals surface area contributed by atoms with E-state index in [1.807, 2.05) is 42.7 Å². The number of fused-ring (bicyclic) bond motifs is 1. The highest BCUT2D eigenvalue weighted by molar-refractivity contribution is 5.80. The summed E-state index contributed by atoms with van der Waals surface area (Å²) >= 11 is 0. The fourth-order valence-corrected chi connectivity index (χ4v) is 1.78. The van der Waals surface area contributed by atoms with Crippen LogP contribution in [0.15, 0.2) is 42.7 Å². The molecule has 17 heavy (non-hydrogen) atoms. The molecule has 0 atom stereocenters. The number of pyridine rings is 1. The molecular formula is C13H13F3N+. The lowest BCUT2D eigenvalue weighted by Crippen LogP contribution is -2.33. The number of aromatic nitrogens is 1. The molecule has 0 radical (unpaired) electrons. The maximum absolute atomic E-state index is 12.0. The first-order valence-corrected chi connectivity index (χ1v) is 5.49. The Bertz CT molecular complexity index is 505. The maximum atomic E-state index is 12.0. The number of alkyl halides is 3. The average molecular weight is 240 g/mol. The normalized spacial score (nSPS) is 11.9. The Balaban J connectivity index is 2.04. The summed E-state index contributed by atoms with van der Waals surface area (Å²) in [5.74, 6) is 0. The van der Waals surface area contributed by atoms with Gasteiger partial charge in [0.15, 0.2) is 12.4 Å². The van der Waals surface area contributed by atoms with Crippen LogP contribution in [0.1, 0.15) is 12.8 Å². The molecule has 0 aliphatic rings. The van der Waals surface area contributed by atoms with E-state index in [9.17, 15) is 13.2 Å². The largest absolute Gasteiger partial charge is 0.389 e. The Morgan fingerprint density at radius 2 is 1.71 bits per heavy atom. The number of benzene rings is 1. The van der Waals surface area contributed by atoms with Gasteiger partial charge >= 0.3 is 6.18 Å². The minimum absolute atomic E-state index is 0.118. The lowest BCUT2D eigenvalue weighted by molar-refractivity contribution is -0.696. The van der Waals surface area contributed by atoms with Crippen molar-refractivity contribution in [2.75, 3.05) is 0 Å². The summed E-state index contributed by atoms with van der Waals surface area (Å²) in [7, 11) is 0. The van der Waals surface area contributed by atoms with Crippen molar-refractivity contribution in [2.45, 2.75) is 25.6 Å². The lowest BCUT2D eigenvalue weighted by atomic mass is 10.2. The molecule has 0 bridgehead atoms. The van der Waals surface area contributed by atoms with Gasteiger partial charge in [-0.3, -0.25) is 0 Å². The van der Waals surface area contributed by atoms with E-state index in [1.165, 1.54) is 0 Å². The highest BCUT2D eigenvalue weighted by Crippen LogP contribution is 2.21. The Morgan fingerprint density at radius 1 is 1.00 bits per heavy atom. The summed E-state index contributed by atoms with van der Waals surface area (Å²) in [6.45, 7) is 0.393. The molecular weight excluding hydrogens is 227 g/mol. The summed E-state index contributed by atoms with van der Waals surface area (Å²) in [6.07, 6.45) is -0.971. The van der Waals surface area contributed by atoms with Gasteiger partial charge in [-0.25, -0.2) is 4.57 Å². The zero-order valence-electron chi connectivity index (χ0n) is 9.24. The third kappa shape index (κ3) is 3.44. The first kappa shape index (κ1) is 11.9. The molecule has 0 spiro atoms.